The number of thiophene rings is 4. The van der Waals surface area contributed by atoms with E-state index in [1.54, 1.807) is 69.7 Å². The molecule has 0 aliphatic rings. The fourth-order valence-electron chi connectivity index (χ4n) is 4.51. The molecule has 48 heavy (non-hydrogen) atoms. The van der Waals surface area contributed by atoms with Crippen molar-refractivity contribution in [3.63, 3.8) is 0 Å². The summed E-state index contributed by atoms with van der Waals surface area (Å²) < 4.78 is 22.4. The lowest BCUT2D eigenvalue weighted by molar-refractivity contribution is -0.146. The third-order valence-electron chi connectivity index (χ3n) is 7.11. The molecule has 0 spiro atoms. The standard InChI is InChI=1S/C38H42O6S4/c1-5-27(6-2)43-35(39)15-11-9-13-25-41-37-23-21-33(47-37)31-19-17-29(45-31)30-18-20-32(46-30)34-22-24-38(48-34)42-26-14-10-12-16-36(40)44-28(7-3)8-4/h5-8,17-24,27-28H,1-4,9-16,25-26H2. The lowest BCUT2D eigenvalue weighted by atomic mass is 10.2. The molecule has 0 saturated carbocycles. The maximum absolute atomic E-state index is 11.9. The average Bonchev–Trinajstić information content (AvgIpc) is 3.92. The Morgan fingerprint density at radius 3 is 1.19 bits per heavy atom. The summed E-state index contributed by atoms with van der Waals surface area (Å²) in [5.74, 6) is -0.458. The topological polar surface area (TPSA) is 71.1 Å². The Labute approximate surface area is 299 Å². The number of carbonyl (C=O) groups is 2. The van der Waals surface area contributed by atoms with Gasteiger partial charge in [0, 0.05) is 42.1 Å². The lowest BCUT2D eigenvalue weighted by Gasteiger charge is -2.09. The maximum Gasteiger partial charge on any atom is 0.306 e. The highest BCUT2D eigenvalue weighted by Gasteiger charge is 2.13. The van der Waals surface area contributed by atoms with Gasteiger partial charge in [-0.25, -0.2) is 0 Å². The van der Waals surface area contributed by atoms with Crippen molar-refractivity contribution >= 4 is 57.3 Å². The van der Waals surface area contributed by atoms with Crippen LogP contribution in [0, 0.1) is 0 Å². The highest BCUT2D eigenvalue weighted by atomic mass is 32.1. The van der Waals surface area contributed by atoms with Gasteiger partial charge in [-0.1, -0.05) is 49.0 Å². The number of unbranched alkanes of at least 4 members (excludes halogenated alkanes) is 4. The number of esters is 2. The fraction of sp³-hybridized carbons (Fsp3) is 0.316. The van der Waals surface area contributed by atoms with Gasteiger partial charge in [0.05, 0.1) is 13.2 Å². The van der Waals surface area contributed by atoms with E-state index in [1.807, 2.05) is 12.1 Å². The van der Waals surface area contributed by atoms with Crippen LogP contribution in [0.1, 0.15) is 51.4 Å². The van der Waals surface area contributed by atoms with Gasteiger partial charge < -0.3 is 18.9 Å². The van der Waals surface area contributed by atoms with E-state index >= 15 is 0 Å². The van der Waals surface area contributed by atoms with Crippen LogP contribution in [-0.2, 0) is 19.1 Å². The van der Waals surface area contributed by atoms with Crippen LogP contribution in [0.2, 0.25) is 0 Å². The number of ether oxygens (including phenoxy) is 4. The van der Waals surface area contributed by atoms with Crippen molar-refractivity contribution in [3.8, 4) is 39.4 Å². The van der Waals surface area contributed by atoms with Crippen molar-refractivity contribution in [2.75, 3.05) is 13.2 Å². The van der Waals surface area contributed by atoms with Crippen molar-refractivity contribution in [3.05, 3.63) is 99.2 Å². The number of hydrogen-bond donors (Lipinski definition) is 0. The number of carbonyl (C=O) groups excluding carboxylic acids is 2. The minimum Gasteiger partial charge on any atom is -0.484 e. The normalized spacial score (nSPS) is 11.0. The summed E-state index contributed by atoms with van der Waals surface area (Å²) >= 11 is 6.88. The molecule has 6 nitrogen and oxygen atoms in total. The predicted molar refractivity (Wildman–Crippen MR) is 203 cm³/mol. The Bertz CT molecular complexity index is 1500. The molecule has 0 aliphatic carbocycles. The molecule has 10 heteroatoms. The Kier molecular flexibility index (Phi) is 15.4. The smallest absolute Gasteiger partial charge is 0.306 e. The van der Waals surface area contributed by atoms with Gasteiger partial charge in [0.15, 0.2) is 10.1 Å². The van der Waals surface area contributed by atoms with Gasteiger partial charge in [-0.05, 0) is 111 Å². The van der Waals surface area contributed by atoms with Crippen LogP contribution in [0.5, 0.6) is 10.1 Å². The summed E-state index contributed by atoms with van der Waals surface area (Å²) in [6.07, 6.45) is 11.2. The van der Waals surface area contributed by atoms with Crippen molar-refractivity contribution in [1.29, 1.82) is 0 Å². The molecule has 0 radical (unpaired) electrons. The Morgan fingerprint density at radius 2 is 0.833 bits per heavy atom. The zero-order chi connectivity index (χ0) is 34.1. The maximum atomic E-state index is 11.9. The van der Waals surface area contributed by atoms with E-state index in [1.165, 1.54) is 29.3 Å². The van der Waals surface area contributed by atoms with Crippen LogP contribution < -0.4 is 9.47 Å². The van der Waals surface area contributed by atoms with Gasteiger partial charge in [0.1, 0.15) is 12.2 Å². The molecule has 0 bridgehead atoms. The second kappa shape index (κ2) is 20.0. The van der Waals surface area contributed by atoms with Crippen LogP contribution in [0.3, 0.4) is 0 Å². The Hall–Kier alpha value is -3.70. The summed E-state index contributed by atoms with van der Waals surface area (Å²) in [7, 11) is 0. The minimum absolute atomic E-state index is 0.229. The zero-order valence-corrected chi connectivity index (χ0v) is 30.3. The number of rotatable bonds is 23. The van der Waals surface area contributed by atoms with Gasteiger partial charge in [-0.3, -0.25) is 9.59 Å². The van der Waals surface area contributed by atoms with Gasteiger partial charge in [0.2, 0.25) is 0 Å². The van der Waals surface area contributed by atoms with Crippen LogP contribution >= 0.6 is 45.3 Å². The molecule has 0 atom stereocenters. The van der Waals surface area contributed by atoms with Crippen molar-refractivity contribution in [2.24, 2.45) is 0 Å². The van der Waals surface area contributed by atoms with Crippen LogP contribution in [0.25, 0.3) is 29.3 Å². The van der Waals surface area contributed by atoms with Crippen molar-refractivity contribution < 1.29 is 28.5 Å². The molecule has 0 saturated heterocycles. The molecule has 0 fully saturated rings. The second-order valence-corrected chi connectivity index (χ2v) is 15.0. The Morgan fingerprint density at radius 1 is 0.500 bits per heavy atom. The van der Waals surface area contributed by atoms with Crippen molar-refractivity contribution in [1.82, 2.24) is 0 Å². The fourth-order valence-corrected chi connectivity index (χ4v) is 8.56. The Balaban J connectivity index is 1.16. The van der Waals surface area contributed by atoms with E-state index in [-0.39, 0.29) is 11.9 Å². The lowest BCUT2D eigenvalue weighted by Crippen LogP contribution is -2.13. The van der Waals surface area contributed by atoms with E-state index in [9.17, 15) is 9.59 Å². The molecule has 4 aromatic rings. The highest BCUT2D eigenvalue weighted by molar-refractivity contribution is 7.28. The average molecular weight is 723 g/mol. The van der Waals surface area contributed by atoms with E-state index < -0.39 is 12.2 Å². The van der Waals surface area contributed by atoms with Gasteiger partial charge in [0.25, 0.3) is 0 Å². The molecule has 0 unspecified atom stereocenters. The zero-order valence-electron chi connectivity index (χ0n) is 27.1. The second-order valence-electron chi connectivity index (χ2n) is 10.7. The van der Waals surface area contributed by atoms with E-state index in [0.717, 1.165) is 48.7 Å². The van der Waals surface area contributed by atoms with E-state index in [4.69, 9.17) is 18.9 Å². The molecule has 0 amide bonds. The summed E-state index contributed by atoms with van der Waals surface area (Å²) in [6, 6.07) is 17.0. The monoisotopic (exact) mass is 722 g/mol. The van der Waals surface area contributed by atoms with Gasteiger partial charge >= 0.3 is 11.9 Å². The minimum atomic E-state index is -0.425. The highest BCUT2D eigenvalue weighted by Crippen LogP contribution is 2.44. The SMILES string of the molecule is C=CC(C=C)OC(=O)CCCCCOc1ccc(-c2ccc(-c3ccc(-c4ccc(OCCCCCC(=O)OC(C=C)C=C)s4)s3)s2)s1. The predicted octanol–water partition coefficient (Wildman–Crippen LogP) is 11.4. The molecule has 254 valence electrons. The van der Waals surface area contributed by atoms with Crippen LogP contribution in [-0.4, -0.2) is 37.4 Å². The third kappa shape index (κ3) is 11.8. The largest absolute Gasteiger partial charge is 0.484 e. The molecule has 4 heterocycles. The summed E-state index contributed by atoms with van der Waals surface area (Å²) in [6.45, 7) is 15.7. The summed E-state index contributed by atoms with van der Waals surface area (Å²) in [5.41, 5.74) is 0. The van der Waals surface area contributed by atoms with Crippen molar-refractivity contribution in [2.45, 2.75) is 63.6 Å². The van der Waals surface area contributed by atoms with Crippen LogP contribution in [0.15, 0.2) is 99.2 Å². The first-order valence-corrected chi connectivity index (χ1v) is 19.2. The van der Waals surface area contributed by atoms with Gasteiger partial charge in [-0.15, -0.1) is 22.7 Å². The third-order valence-corrected chi connectivity index (χ3v) is 11.9. The number of hydrogen-bond acceptors (Lipinski definition) is 10. The van der Waals surface area contributed by atoms with E-state index in [2.05, 4.69) is 62.7 Å². The first-order chi connectivity index (χ1) is 23.4. The molecule has 0 aliphatic heterocycles. The molecular formula is C38H42O6S4. The quantitative estimate of drug-likeness (QED) is 0.0431. The van der Waals surface area contributed by atoms with Gasteiger partial charge in [-0.2, -0.15) is 0 Å². The summed E-state index contributed by atoms with van der Waals surface area (Å²) in [4.78, 5) is 31.0. The summed E-state index contributed by atoms with van der Waals surface area (Å²) in [5, 5.41) is 1.80. The molecular weight excluding hydrogens is 681 g/mol. The molecule has 0 N–H and O–H groups in total. The first-order valence-electron chi connectivity index (χ1n) is 16.0. The molecule has 0 aromatic carbocycles. The first kappa shape index (κ1) is 37.1. The molecule has 4 rings (SSSR count). The van der Waals surface area contributed by atoms with Crippen LogP contribution in [0.4, 0.5) is 0 Å². The molecule has 4 aromatic heterocycles. The van der Waals surface area contributed by atoms with E-state index in [0.29, 0.717) is 26.1 Å².